The van der Waals surface area contributed by atoms with Crippen molar-refractivity contribution in [3.63, 3.8) is 0 Å². The number of rotatable bonds is 10. The van der Waals surface area contributed by atoms with Gasteiger partial charge in [-0.1, -0.05) is 231 Å². The van der Waals surface area contributed by atoms with Crippen LogP contribution in [0.2, 0.25) is 0 Å². The van der Waals surface area contributed by atoms with Gasteiger partial charge in [-0.05, 0) is 45.9 Å². The number of benzene rings is 7. The number of pyridine rings is 2. The number of nitriles is 2. The van der Waals surface area contributed by atoms with Crippen molar-refractivity contribution in [2.75, 3.05) is 0 Å². The maximum absolute atomic E-state index is 10.8. The molecule has 0 saturated heterocycles. The van der Waals surface area contributed by atoms with Gasteiger partial charge in [0.25, 0.3) is 0 Å². The Morgan fingerprint density at radius 3 is 1.12 bits per heavy atom. The summed E-state index contributed by atoms with van der Waals surface area (Å²) in [4.78, 5) is 10.4. The quantitative estimate of drug-likeness (QED) is 0.129. The van der Waals surface area contributed by atoms with Gasteiger partial charge in [0, 0.05) is 39.3 Å². The van der Waals surface area contributed by atoms with E-state index < -0.39 is 5.41 Å². The number of hydrogen-bond donors (Lipinski definition) is 0. The van der Waals surface area contributed by atoms with Crippen molar-refractivity contribution in [1.29, 1.82) is 10.5 Å². The highest BCUT2D eigenvalue weighted by atomic mass is 14.7. The lowest BCUT2D eigenvalue weighted by Gasteiger charge is -2.44. The zero-order valence-electron chi connectivity index (χ0n) is 36.5. The van der Waals surface area contributed by atoms with Gasteiger partial charge in [0.2, 0.25) is 0 Å². The van der Waals surface area contributed by atoms with Gasteiger partial charge in [0.15, 0.2) is 0 Å². The molecule has 7 aromatic carbocycles. The molecule has 2 aromatic heterocycles. The predicted molar refractivity (Wildman–Crippen MR) is 268 cm³/mol. The van der Waals surface area contributed by atoms with Crippen LogP contribution in [0.4, 0.5) is 0 Å². The Hall–Kier alpha value is -8.70. The van der Waals surface area contributed by atoms with E-state index in [0.29, 0.717) is 22.5 Å². The third-order valence-electron chi connectivity index (χ3n) is 12.9. The molecule has 10 rings (SSSR count). The molecule has 2 heterocycles. The fraction of sp³-hybridized carbons (Fsp3) is 0.0645. The lowest BCUT2D eigenvalue weighted by atomic mass is 9.58. The molecule has 0 amide bonds. The van der Waals surface area contributed by atoms with Gasteiger partial charge in [-0.2, -0.15) is 10.5 Å². The topological polar surface area (TPSA) is 73.4 Å². The normalized spacial score (nSPS) is 14.3. The molecule has 2 atom stereocenters. The van der Waals surface area contributed by atoms with Crippen molar-refractivity contribution in [2.45, 2.75) is 12.3 Å². The molecule has 1 aliphatic carbocycles. The third-order valence-corrected chi connectivity index (χ3v) is 12.9. The van der Waals surface area contributed by atoms with E-state index in [9.17, 15) is 10.5 Å². The summed E-state index contributed by atoms with van der Waals surface area (Å²) in [6.07, 6.45) is 8.94. The second-order valence-electron chi connectivity index (χ2n) is 16.7. The highest BCUT2D eigenvalue weighted by Gasteiger charge is 2.45. The summed E-state index contributed by atoms with van der Waals surface area (Å²) in [5.41, 5.74) is 14.0. The molecule has 0 saturated carbocycles. The van der Waals surface area contributed by atoms with Crippen LogP contribution in [0.5, 0.6) is 0 Å². The molecule has 0 bridgehead atoms. The Labute approximate surface area is 386 Å². The van der Waals surface area contributed by atoms with Crippen molar-refractivity contribution in [3.8, 4) is 79.4 Å². The molecule has 4 nitrogen and oxygen atoms in total. The van der Waals surface area contributed by atoms with E-state index in [-0.39, 0.29) is 11.8 Å². The van der Waals surface area contributed by atoms with Crippen LogP contribution in [-0.4, -0.2) is 9.97 Å². The van der Waals surface area contributed by atoms with Crippen LogP contribution < -0.4 is 0 Å². The number of nitrogens with zero attached hydrogens (tertiary/aromatic N) is 4. The van der Waals surface area contributed by atoms with Gasteiger partial charge in [0.1, 0.15) is 12.1 Å². The molecule has 9 aromatic rings. The smallest absolute Gasteiger partial charge is 0.102 e. The van der Waals surface area contributed by atoms with Crippen LogP contribution in [0.25, 0.3) is 67.3 Å². The maximum atomic E-state index is 10.8. The van der Waals surface area contributed by atoms with Crippen molar-refractivity contribution in [1.82, 2.24) is 9.97 Å². The standard InChI is InChI=1S/C62H44N4/c1-43-19-17-18-30-57(43)62(50-28-15-6-16-29-50,51-35-31-48(32-36-51)60-55(41-63)53(44-20-7-2-8-21-44)39-58(65-60)46-24-11-4-12-25-46)52-37-33-49(34-38-52)61-56(42-64)54(45-22-9-3-10-23-45)40-59(66-61)47-26-13-5-14-27-47/h2-40,43,57H,1H3. The van der Waals surface area contributed by atoms with E-state index in [0.717, 1.165) is 72.6 Å². The van der Waals surface area contributed by atoms with Gasteiger partial charge in [-0.15, -0.1) is 0 Å². The van der Waals surface area contributed by atoms with E-state index in [4.69, 9.17) is 9.97 Å². The Balaban J connectivity index is 1.16. The van der Waals surface area contributed by atoms with Crippen LogP contribution in [0.1, 0.15) is 34.7 Å². The van der Waals surface area contributed by atoms with Crippen LogP contribution in [0, 0.1) is 34.5 Å². The van der Waals surface area contributed by atoms with E-state index in [1.807, 2.05) is 109 Å². The Kier molecular flexibility index (Phi) is 11.4. The Morgan fingerprint density at radius 1 is 0.394 bits per heavy atom. The largest absolute Gasteiger partial charge is 0.246 e. The minimum Gasteiger partial charge on any atom is -0.246 e. The van der Waals surface area contributed by atoms with Crippen LogP contribution in [-0.2, 0) is 5.41 Å². The summed E-state index contributed by atoms with van der Waals surface area (Å²) in [7, 11) is 0. The first-order chi connectivity index (χ1) is 32.6. The lowest BCUT2D eigenvalue weighted by molar-refractivity contribution is 0.368. The average molecular weight is 845 g/mol. The molecule has 0 spiro atoms. The van der Waals surface area contributed by atoms with Gasteiger partial charge in [0.05, 0.1) is 39.3 Å². The van der Waals surface area contributed by atoms with Crippen molar-refractivity contribution < 1.29 is 0 Å². The van der Waals surface area contributed by atoms with Crippen LogP contribution >= 0.6 is 0 Å². The van der Waals surface area contributed by atoms with Gasteiger partial charge in [-0.3, -0.25) is 0 Å². The monoisotopic (exact) mass is 844 g/mol. The number of aromatic nitrogens is 2. The molecule has 0 fully saturated rings. The molecule has 4 heteroatoms. The molecule has 66 heavy (non-hydrogen) atoms. The molecular formula is C62H44N4. The molecule has 0 radical (unpaired) electrons. The van der Waals surface area contributed by atoms with Crippen LogP contribution in [0.15, 0.2) is 237 Å². The summed E-state index contributed by atoms with van der Waals surface area (Å²) in [5, 5.41) is 21.6. The molecule has 0 aliphatic heterocycles. The molecular weight excluding hydrogens is 801 g/mol. The summed E-state index contributed by atoms with van der Waals surface area (Å²) in [5.74, 6) is 0.208. The fourth-order valence-electron chi connectivity index (χ4n) is 9.76. The molecule has 2 unspecified atom stereocenters. The zero-order valence-corrected chi connectivity index (χ0v) is 36.5. The summed E-state index contributed by atoms with van der Waals surface area (Å²) in [6, 6.07) is 77.8. The molecule has 312 valence electrons. The van der Waals surface area contributed by atoms with E-state index in [2.05, 4.69) is 146 Å². The third kappa shape index (κ3) is 7.62. The van der Waals surface area contributed by atoms with Gasteiger partial charge in [-0.25, -0.2) is 9.97 Å². The molecule has 0 N–H and O–H groups in total. The minimum absolute atomic E-state index is 0.0272. The predicted octanol–water partition coefficient (Wildman–Crippen LogP) is 14.9. The van der Waals surface area contributed by atoms with E-state index >= 15 is 0 Å². The number of hydrogen-bond acceptors (Lipinski definition) is 4. The average Bonchev–Trinajstić information content (AvgIpc) is 3.40. The first-order valence-electron chi connectivity index (χ1n) is 22.3. The lowest BCUT2D eigenvalue weighted by Crippen LogP contribution is -2.40. The Morgan fingerprint density at radius 2 is 0.742 bits per heavy atom. The second kappa shape index (κ2) is 18.2. The SMILES string of the molecule is CC1C=CC=CC1C(c1ccccc1)(c1ccc(-c2nc(-c3ccccc3)cc(-c3ccccc3)c2C#N)cc1)c1ccc(-c2nc(-c3ccccc3)cc(-c3ccccc3)c2C#N)cc1. The van der Waals surface area contributed by atoms with Crippen molar-refractivity contribution in [2.24, 2.45) is 11.8 Å². The zero-order chi connectivity index (χ0) is 44.9. The second-order valence-corrected chi connectivity index (χ2v) is 16.7. The van der Waals surface area contributed by atoms with Crippen molar-refractivity contribution in [3.05, 3.63) is 264 Å². The van der Waals surface area contributed by atoms with Gasteiger partial charge >= 0.3 is 0 Å². The fourth-order valence-corrected chi connectivity index (χ4v) is 9.76. The summed E-state index contributed by atoms with van der Waals surface area (Å²) in [6.45, 7) is 2.29. The number of allylic oxidation sites excluding steroid dienone is 4. The van der Waals surface area contributed by atoms with Crippen molar-refractivity contribution >= 4 is 0 Å². The Bertz CT molecular complexity index is 3100. The first kappa shape index (κ1) is 41.3. The summed E-state index contributed by atoms with van der Waals surface area (Å²) < 4.78 is 0. The molecule has 1 aliphatic rings. The first-order valence-corrected chi connectivity index (χ1v) is 22.3. The van der Waals surface area contributed by atoms with Gasteiger partial charge < -0.3 is 0 Å². The maximum Gasteiger partial charge on any atom is 0.102 e. The van der Waals surface area contributed by atoms with Crippen LogP contribution in [0.3, 0.4) is 0 Å². The highest BCUT2D eigenvalue weighted by molar-refractivity contribution is 5.85. The summed E-state index contributed by atoms with van der Waals surface area (Å²) >= 11 is 0. The van der Waals surface area contributed by atoms with E-state index in [1.54, 1.807) is 0 Å². The minimum atomic E-state index is -0.655. The van der Waals surface area contributed by atoms with E-state index in [1.165, 1.54) is 0 Å². The highest BCUT2D eigenvalue weighted by Crippen LogP contribution is 2.51.